The molecule has 0 fully saturated rings. The van der Waals surface area contributed by atoms with E-state index in [1.807, 2.05) is 61.5 Å². The van der Waals surface area contributed by atoms with Gasteiger partial charge >= 0.3 is 0 Å². The quantitative estimate of drug-likeness (QED) is 0.447. The van der Waals surface area contributed by atoms with Crippen LogP contribution in [0.25, 0.3) is 11.5 Å². The first-order valence-electron chi connectivity index (χ1n) is 8.55. The van der Waals surface area contributed by atoms with E-state index < -0.39 is 0 Å². The van der Waals surface area contributed by atoms with E-state index in [0.29, 0.717) is 16.7 Å². The van der Waals surface area contributed by atoms with Crippen molar-refractivity contribution in [3.63, 3.8) is 0 Å². The average molecular weight is 366 g/mol. The lowest BCUT2D eigenvalue weighted by Gasteiger charge is -2.19. The minimum Gasteiger partial charge on any atom is -0.411 e. The van der Waals surface area contributed by atoms with E-state index in [2.05, 4.69) is 31.0 Å². The van der Waals surface area contributed by atoms with E-state index in [-0.39, 0.29) is 16.4 Å². The van der Waals surface area contributed by atoms with Crippen LogP contribution in [0.2, 0.25) is 0 Å². The normalized spacial score (nSPS) is 12.8. The number of hydrogen-bond donors (Lipinski definition) is 0. The van der Waals surface area contributed by atoms with E-state index in [0.717, 1.165) is 5.56 Å². The van der Waals surface area contributed by atoms with Crippen LogP contribution in [0.4, 0.5) is 0 Å². The molecule has 0 aliphatic rings. The van der Waals surface area contributed by atoms with Crippen molar-refractivity contribution in [2.24, 2.45) is 0 Å². The molecule has 1 aromatic heterocycles. The van der Waals surface area contributed by atoms with Crippen LogP contribution < -0.4 is 0 Å². The summed E-state index contributed by atoms with van der Waals surface area (Å²) in [7, 11) is 0. The van der Waals surface area contributed by atoms with Crippen LogP contribution in [0.15, 0.2) is 64.2 Å². The molecule has 0 aliphatic heterocycles. The van der Waals surface area contributed by atoms with E-state index >= 15 is 0 Å². The van der Waals surface area contributed by atoms with E-state index in [1.54, 1.807) is 0 Å². The molecule has 0 aliphatic carbocycles. The Morgan fingerprint density at radius 1 is 1.00 bits per heavy atom. The Morgan fingerprint density at radius 3 is 2.27 bits per heavy atom. The van der Waals surface area contributed by atoms with Gasteiger partial charge in [0.25, 0.3) is 5.22 Å². The lowest BCUT2D eigenvalue weighted by atomic mass is 9.86. The lowest BCUT2D eigenvalue weighted by Crippen LogP contribution is -2.15. The molecule has 3 aromatic rings. The van der Waals surface area contributed by atoms with Crippen molar-refractivity contribution in [3.8, 4) is 11.5 Å². The first-order chi connectivity index (χ1) is 12.3. The molecule has 0 saturated carbocycles. The molecule has 0 unspecified atom stereocenters. The number of nitrogens with zero attached hydrogens (tertiary/aromatic N) is 2. The summed E-state index contributed by atoms with van der Waals surface area (Å²) in [4.78, 5) is 12.7. The van der Waals surface area contributed by atoms with Crippen molar-refractivity contribution in [1.29, 1.82) is 0 Å². The summed E-state index contributed by atoms with van der Waals surface area (Å²) < 4.78 is 5.68. The van der Waals surface area contributed by atoms with Gasteiger partial charge in [-0.15, -0.1) is 10.2 Å². The zero-order chi connectivity index (χ0) is 18.7. The third-order valence-corrected chi connectivity index (χ3v) is 5.04. The Balaban J connectivity index is 1.69. The van der Waals surface area contributed by atoms with Crippen molar-refractivity contribution in [2.75, 3.05) is 0 Å². The van der Waals surface area contributed by atoms with Crippen LogP contribution in [-0.4, -0.2) is 21.2 Å². The zero-order valence-corrected chi connectivity index (χ0v) is 16.2. The predicted molar refractivity (Wildman–Crippen MR) is 105 cm³/mol. The Hall–Kier alpha value is -2.40. The van der Waals surface area contributed by atoms with Gasteiger partial charge in [-0.25, -0.2) is 0 Å². The number of carbonyl (C=O) groups excluding carboxylic acids is 1. The van der Waals surface area contributed by atoms with Gasteiger partial charge in [-0.05, 0) is 30.0 Å². The number of hydrogen-bond acceptors (Lipinski definition) is 5. The topological polar surface area (TPSA) is 56.0 Å². The number of carbonyl (C=O) groups is 1. The van der Waals surface area contributed by atoms with Gasteiger partial charge in [-0.1, -0.05) is 75.0 Å². The van der Waals surface area contributed by atoms with Gasteiger partial charge in [-0.2, -0.15) is 0 Å². The SMILES string of the molecule is C[C@H](Sc1nnc(-c2ccccc2)o1)C(=O)c1ccc(C(C)(C)C)cc1. The fraction of sp³-hybridized carbons (Fsp3) is 0.286. The first-order valence-corrected chi connectivity index (χ1v) is 9.43. The largest absolute Gasteiger partial charge is 0.411 e. The molecule has 1 heterocycles. The molecule has 3 rings (SSSR count). The second-order valence-electron chi connectivity index (χ2n) is 7.19. The van der Waals surface area contributed by atoms with Gasteiger partial charge in [0.05, 0.1) is 5.25 Å². The molecule has 2 aromatic carbocycles. The maximum Gasteiger partial charge on any atom is 0.277 e. The number of aromatic nitrogens is 2. The Kier molecular flexibility index (Phi) is 5.28. The van der Waals surface area contributed by atoms with Gasteiger partial charge < -0.3 is 4.42 Å². The predicted octanol–water partition coefficient (Wildman–Crippen LogP) is 5.40. The molecule has 0 saturated heterocycles. The first kappa shape index (κ1) is 18.4. The molecule has 0 amide bonds. The Bertz CT molecular complexity index is 880. The lowest BCUT2D eigenvalue weighted by molar-refractivity contribution is 0.0993. The molecule has 0 radical (unpaired) electrons. The van der Waals surface area contributed by atoms with Gasteiger partial charge in [-0.3, -0.25) is 4.79 Å². The standard InChI is InChI=1S/C21H22N2O2S/c1-14(18(24)15-10-12-17(13-11-15)21(2,3)4)26-20-23-22-19(25-20)16-8-6-5-7-9-16/h5-14H,1-4H3/t14-/m0/s1. The van der Waals surface area contributed by atoms with Crippen molar-refractivity contribution in [3.05, 3.63) is 65.7 Å². The summed E-state index contributed by atoms with van der Waals surface area (Å²) in [6, 6.07) is 17.4. The van der Waals surface area contributed by atoms with Crippen molar-refractivity contribution in [2.45, 2.75) is 43.6 Å². The summed E-state index contributed by atoms with van der Waals surface area (Å²) in [6.07, 6.45) is 0. The van der Waals surface area contributed by atoms with E-state index in [1.165, 1.54) is 17.3 Å². The zero-order valence-electron chi connectivity index (χ0n) is 15.4. The molecule has 0 spiro atoms. The Labute approximate surface area is 158 Å². The third kappa shape index (κ3) is 4.22. The van der Waals surface area contributed by atoms with Crippen molar-refractivity contribution in [1.82, 2.24) is 10.2 Å². The minimum atomic E-state index is -0.306. The smallest absolute Gasteiger partial charge is 0.277 e. The number of rotatable bonds is 5. The highest BCUT2D eigenvalue weighted by Gasteiger charge is 2.21. The van der Waals surface area contributed by atoms with Crippen molar-refractivity contribution < 1.29 is 9.21 Å². The highest BCUT2D eigenvalue weighted by molar-refractivity contribution is 8.00. The second-order valence-corrected chi connectivity index (χ2v) is 8.48. The van der Waals surface area contributed by atoms with Gasteiger partial charge in [0.2, 0.25) is 5.89 Å². The molecule has 4 nitrogen and oxygen atoms in total. The number of benzene rings is 2. The highest BCUT2D eigenvalue weighted by Crippen LogP contribution is 2.28. The Morgan fingerprint density at radius 2 is 1.65 bits per heavy atom. The molecule has 0 N–H and O–H groups in total. The molecular formula is C21H22N2O2S. The maximum absolute atomic E-state index is 12.7. The van der Waals surface area contributed by atoms with Gasteiger partial charge in [0.15, 0.2) is 5.78 Å². The monoisotopic (exact) mass is 366 g/mol. The van der Waals surface area contributed by atoms with Crippen LogP contribution in [0.1, 0.15) is 43.6 Å². The molecule has 0 bridgehead atoms. The van der Waals surface area contributed by atoms with Gasteiger partial charge in [0.1, 0.15) is 0 Å². The summed E-state index contributed by atoms with van der Waals surface area (Å²) in [5, 5.41) is 8.20. The molecule has 1 atom stereocenters. The van der Waals surface area contributed by atoms with Crippen LogP contribution >= 0.6 is 11.8 Å². The van der Waals surface area contributed by atoms with E-state index in [9.17, 15) is 4.79 Å². The summed E-state index contributed by atoms with van der Waals surface area (Å²) in [6.45, 7) is 8.32. The summed E-state index contributed by atoms with van der Waals surface area (Å²) >= 11 is 1.28. The number of ketones is 1. The number of Topliss-reactive ketones (excluding diaryl/α,β-unsaturated/α-hetero) is 1. The van der Waals surface area contributed by atoms with Crippen molar-refractivity contribution >= 4 is 17.5 Å². The number of thioether (sulfide) groups is 1. The summed E-state index contributed by atoms with van der Waals surface area (Å²) in [5.74, 6) is 0.511. The minimum absolute atomic E-state index is 0.0509. The second kappa shape index (κ2) is 7.46. The molecule has 5 heteroatoms. The fourth-order valence-corrected chi connectivity index (χ4v) is 3.29. The van der Waals surface area contributed by atoms with Crippen LogP contribution in [-0.2, 0) is 5.41 Å². The fourth-order valence-electron chi connectivity index (χ4n) is 2.53. The molecular weight excluding hydrogens is 344 g/mol. The third-order valence-electron chi connectivity index (χ3n) is 4.11. The molecule has 134 valence electrons. The van der Waals surface area contributed by atoms with E-state index in [4.69, 9.17) is 4.42 Å². The van der Waals surface area contributed by atoms with Crippen LogP contribution in [0.5, 0.6) is 0 Å². The van der Waals surface area contributed by atoms with Crippen LogP contribution in [0.3, 0.4) is 0 Å². The molecule has 26 heavy (non-hydrogen) atoms. The highest BCUT2D eigenvalue weighted by atomic mass is 32.2. The van der Waals surface area contributed by atoms with Crippen LogP contribution in [0, 0.1) is 0 Å². The average Bonchev–Trinajstić information content (AvgIpc) is 3.09. The van der Waals surface area contributed by atoms with Gasteiger partial charge in [0, 0.05) is 11.1 Å². The maximum atomic E-state index is 12.7. The summed E-state index contributed by atoms with van der Waals surface area (Å²) in [5.41, 5.74) is 2.84.